The van der Waals surface area contributed by atoms with Crippen LogP contribution in [0.2, 0.25) is 0 Å². The first-order valence-corrected chi connectivity index (χ1v) is 5.80. The summed E-state index contributed by atoms with van der Waals surface area (Å²) in [5.41, 5.74) is 0. The van der Waals surface area contributed by atoms with Crippen molar-refractivity contribution in [2.45, 2.75) is 31.8 Å². The van der Waals surface area contributed by atoms with Gasteiger partial charge in [0.25, 0.3) is 0 Å². The topological polar surface area (TPSA) is 45.1 Å². The molecule has 0 aliphatic heterocycles. The molecule has 0 radical (unpaired) electrons. The lowest BCUT2D eigenvalue weighted by Gasteiger charge is -2.18. The highest BCUT2D eigenvalue weighted by Gasteiger charge is 2.22. The molecule has 0 spiro atoms. The van der Waals surface area contributed by atoms with Crippen molar-refractivity contribution < 1.29 is 9.50 Å². The summed E-state index contributed by atoms with van der Waals surface area (Å²) in [7, 11) is 0. The summed E-state index contributed by atoms with van der Waals surface area (Å²) >= 11 is 0. The Labute approximate surface area is 94.7 Å². The van der Waals surface area contributed by atoms with Crippen molar-refractivity contribution in [1.82, 2.24) is 4.98 Å². The van der Waals surface area contributed by atoms with Gasteiger partial charge in [-0.15, -0.1) is 0 Å². The van der Waals surface area contributed by atoms with Crippen LogP contribution in [-0.2, 0) is 0 Å². The third-order valence-electron chi connectivity index (χ3n) is 3.15. The van der Waals surface area contributed by atoms with Gasteiger partial charge in [-0.2, -0.15) is 4.39 Å². The first kappa shape index (κ1) is 11.3. The van der Waals surface area contributed by atoms with Crippen molar-refractivity contribution in [3.05, 3.63) is 24.1 Å². The van der Waals surface area contributed by atoms with Gasteiger partial charge in [-0.3, -0.25) is 0 Å². The number of aliphatic hydroxyl groups is 1. The molecule has 1 aromatic rings. The Hall–Kier alpha value is -1.16. The number of halogens is 1. The van der Waals surface area contributed by atoms with Crippen LogP contribution in [0, 0.1) is 11.9 Å². The second kappa shape index (κ2) is 5.25. The molecule has 0 bridgehead atoms. The van der Waals surface area contributed by atoms with Crippen LogP contribution in [0.15, 0.2) is 18.2 Å². The van der Waals surface area contributed by atoms with E-state index in [1.165, 1.54) is 18.9 Å². The Morgan fingerprint density at radius 1 is 1.44 bits per heavy atom. The summed E-state index contributed by atoms with van der Waals surface area (Å²) in [5.74, 6) is 0.374. The van der Waals surface area contributed by atoms with Gasteiger partial charge in [0.15, 0.2) is 0 Å². The SMILES string of the molecule is OC(CNc1cccc(F)n1)C1CCCC1. The summed E-state index contributed by atoms with van der Waals surface area (Å²) in [6.45, 7) is 0.446. The normalized spacial score (nSPS) is 18.6. The fourth-order valence-corrected chi connectivity index (χ4v) is 2.22. The van der Waals surface area contributed by atoms with Crippen LogP contribution in [-0.4, -0.2) is 22.7 Å². The first-order chi connectivity index (χ1) is 7.75. The summed E-state index contributed by atoms with van der Waals surface area (Å²) < 4.78 is 12.8. The molecule has 1 unspecified atom stereocenters. The minimum atomic E-state index is -0.500. The van der Waals surface area contributed by atoms with Gasteiger partial charge >= 0.3 is 0 Å². The second-order valence-corrected chi connectivity index (χ2v) is 4.34. The molecule has 88 valence electrons. The number of aromatic nitrogens is 1. The molecule has 1 aliphatic carbocycles. The van der Waals surface area contributed by atoms with Gasteiger partial charge in [-0.05, 0) is 30.9 Å². The lowest BCUT2D eigenvalue weighted by molar-refractivity contribution is 0.122. The van der Waals surface area contributed by atoms with E-state index in [2.05, 4.69) is 10.3 Å². The molecule has 3 nitrogen and oxygen atoms in total. The van der Waals surface area contributed by atoms with Crippen LogP contribution in [0.25, 0.3) is 0 Å². The average Bonchev–Trinajstić information content (AvgIpc) is 2.79. The minimum absolute atomic E-state index is 0.354. The maximum Gasteiger partial charge on any atom is 0.214 e. The predicted molar refractivity (Wildman–Crippen MR) is 60.6 cm³/mol. The fourth-order valence-electron chi connectivity index (χ4n) is 2.22. The molecule has 16 heavy (non-hydrogen) atoms. The monoisotopic (exact) mass is 224 g/mol. The van der Waals surface area contributed by atoms with E-state index in [1.54, 1.807) is 12.1 Å². The first-order valence-electron chi connectivity index (χ1n) is 5.80. The number of nitrogens with one attached hydrogen (secondary N) is 1. The molecule has 0 saturated heterocycles. The molecule has 0 aromatic carbocycles. The summed E-state index contributed by atoms with van der Waals surface area (Å²) in [6, 6.07) is 4.61. The zero-order valence-electron chi connectivity index (χ0n) is 9.19. The Kier molecular flexibility index (Phi) is 3.72. The Morgan fingerprint density at radius 3 is 2.88 bits per heavy atom. The quantitative estimate of drug-likeness (QED) is 0.770. The minimum Gasteiger partial charge on any atom is -0.391 e. The van der Waals surface area contributed by atoms with Gasteiger partial charge in [-0.25, -0.2) is 4.98 Å². The zero-order valence-corrected chi connectivity index (χ0v) is 9.19. The summed E-state index contributed by atoms with van der Waals surface area (Å²) in [5, 5.41) is 12.9. The van der Waals surface area contributed by atoms with E-state index in [9.17, 15) is 9.50 Å². The fraction of sp³-hybridized carbons (Fsp3) is 0.583. The van der Waals surface area contributed by atoms with E-state index >= 15 is 0 Å². The largest absolute Gasteiger partial charge is 0.391 e. The average molecular weight is 224 g/mol. The van der Waals surface area contributed by atoms with Crippen LogP contribution in [0.5, 0.6) is 0 Å². The number of anilines is 1. The number of nitrogens with zero attached hydrogens (tertiary/aromatic N) is 1. The van der Waals surface area contributed by atoms with E-state index in [-0.39, 0.29) is 6.10 Å². The molecule has 1 atom stereocenters. The molecule has 2 rings (SSSR count). The molecular formula is C12H17FN2O. The lowest BCUT2D eigenvalue weighted by Crippen LogP contribution is -2.26. The van der Waals surface area contributed by atoms with Gasteiger partial charge in [0, 0.05) is 6.54 Å². The molecular weight excluding hydrogens is 207 g/mol. The molecule has 1 aromatic heterocycles. The van der Waals surface area contributed by atoms with Crippen LogP contribution in [0.3, 0.4) is 0 Å². The number of hydrogen-bond acceptors (Lipinski definition) is 3. The van der Waals surface area contributed by atoms with Gasteiger partial charge in [-0.1, -0.05) is 18.9 Å². The van der Waals surface area contributed by atoms with Crippen LogP contribution < -0.4 is 5.32 Å². The van der Waals surface area contributed by atoms with E-state index in [0.29, 0.717) is 18.3 Å². The highest BCUT2D eigenvalue weighted by molar-refractivity contribution is 5.33. The van der Waals surface area contributed by atoms with Crippen LogP contribution in [0.4, 0.5) is 10.2 Å². The third kappa shape index (κ3) is 2.92. The predicted octanol–water partition coefficient (Wildman–Crippen LogP) is 2.18. The molecule has 4 heteroatoms. The number of aliphatic hydroxyl groups excluding tert-OH is 1. The van der Waals surface area contributed by atoms with E-state index in [0.717, 1.165) is 12.8 Å². The van der Waals surface area contributed by atoms with Crippen molar-refractivity contribution in [2.75, 3.05) is 11.9 Å². The lowest BCUT2D eigenvalue weighted by atomic mass is 10.0. The molecule has 0 amide bonds. The Balaban J connectivity index is 1.82. The summed E-state index contributed by atoms with van der Waals surface area (Å²) in [6.07, 6.45) is 4.26. The standard InChI is InChI=1S/C12H17FN2O/c13-11-6-3-7-12(15-11)14-8-10(16)9-4-1-2-5-9/h3,6-7,9-10,16H,1-2,4-5,8H2,(H,14,15). The van der Waals surface area contributed by atoms with Crippen molar-refractivity contribution in [1.29, 1.82) is 0 Å². The maximum atomic E-state index is 12.8. The molecule has 1 heterocycles. The maximum absolute atomic E-state index is 12.8. The Bertz CT molecular complexity index is 340. The third-order valence-corrected chi connectivity index (χ3v) is 3.15. The van der Waals surface area contributed by atoms with Gasteiger partial charge in [0.05, 0.1) is 6.10 Å². The van der Waals surface area contributed by atoms with Crippen molar-refractivity contribution >= 4 is 5.82 Å². The van der Waals surface area contributed by atoms with Crippen LogP contribution in [0.1, 0.15) is 25.7 Å². The van der Waals surface area contributed by atoms with Gasteiger partial charge < -0.3 is 10.4 Å². The Morgan fingerprint density at radius 2 is 2.19 bits per heavy atom. The van der Waals surface area contributed by atoms with E-state index in [1.807, 2.05) is 0 Å². The zero-order chi connectivity index (χ0) is 11.4. The molecule has 2 N–H and O–H groups in total. The molecule has 1 aliphatic rings. The van der Waals surface area contributed by atoms with E-state index in [4.69, 9.17) is 0 Å². The molecule has 1 fully saturated rings. The van der Waals surface area contributed by atoms with Crippen molar-refractivity contribution in [2.24, 2.45) is 5.92 Å². The second-order valence-electron chi connectivity index (χ2n) is 4.34. The van der Waals surface area contributed by atoms with Gasteiger partial charge in [0.1, 0.15) is 5.82 Å². The van der Waals surface area contributed by atoms with Crippen molar-refractivity contribution in [3.63, 3.8) is 0 Å². The number of pyridine rings is 1. The van der Waals surface area contributed by atoms with Crippen LogP contribution >= 0.6 is 0 Å². The highest BCUT2D eigenvalue weighted by Crippen LogP contribution is 2.27. The molecule has 1 saturated carbocycles. The summed E-state index contributed by atoms with van der Waals surface area (Å²) in [4.78, 5) is 3.68. The smallest absolute Gasteiger partial charge is 0.214 e. The van der Waals surface area contributed by atoms with Crippen molar-refractivity contribution in [3.8, 4) is 0 Å². The number of rotatable bonds is 4. The van der Waals surface area contributed by atoms with E-state index < -0.39 is 5.95 Å². The van der Waals surface area contributed by atoms with Gasteiger partial charge in [0.2, 0.25) is 5.95 Å². The highest BCUT2D eigenvalue weighted by atomic mass is 19.1. The number of hydrogen-bond donors (Lipinski definition) is 2.